The molecular formula is C22H23N3O7. The van der Waals surface area contributed by atoms with Crippen molar-refractivity contribution in [2.24, 2.45) is 0 Å². The number of urea groups is 1. The van der Waals surface area contributed by atoms with Gasteiger partial charge in [-0.2, -0.15) is 0 Å². The minimum Gasteiger partial charge on any atom is -0.497 e. The van der Waals surface area contributed by atoms with E-state index in [1.165, 1.54) is 26.4 Å². The molecule has 168 valence electrons. The van der Waals surface area contributed by atoms with Crippen LogP contribution in [0.15, 0.2) is 48.0 Å². The highest BCUT2D eigenvalue weighted by molar-refractivity contribution is 6.04. The van der Waals surface area contributed by atoms with Crippen LogP contribution in [0.25, 0.3) is 5.70 Å². The lowest BCUT2D eigenvalue weighted by Crippen LogP contribution is -2.45. The van der Waals surface area contributed by atoms with E-state index in [2.05, 4.69) is 10.6 Å². The molecule has 0 radical (unpaired) electrons. The molecule has 1 unspecified atom stereocenters. The first kappa shape index (κ1) is 22.6. The first-order chi connectivity index (χ1) is 15.4. The van der Waals surface area contributed by atoms with Gasteiger partial charge in [0.2, 0.25) is 0 Å². The number of carbonyl (C=O) groups is 2. The van der Waals surface area contributed by atoms with E-state index in [0.29, 0.717) is 29.9 Å². The monoisotopic (exact) mass is 441 g/mol. The number of rotatable bonds is 8. The molecule has 1 aliphatic heterocycles. The van der Waals surface area contributed by atoms with Crippen LogP contribution in [-0.4, -0.2) is 37.8 Å². The van der Waals surface area contributed by atoms with Crippen molar-refractivity contribution >= 4 is 23.4 Å². The van der Waals surface area contributed by atoms with E-state index < -0.39 is 23.0 Å². The molecule has 0 saturated heterocycles. The van der Waals surface area contributed by atoms with Crippen molar-refractivity contribution in [3.8, 4) is 11.5 Å². The Balaban J connectivity index is 2.14. The summed E-state index contributed by atoms with van der Waals surface area (Å²) in [6, 6.07) is 9.51. The maximum Gasteiger partial charge on any atom is 0.338 e. The van der Waals surface area contributed by atoms with E-state index in [1.807, 2.05) is 6.92 Å². The van der Waals surface area contributed by atoms with Crippen LogP contribution < -0.4 is 20.1 Å². The van der Waals surface area contributed by atoms with Gasteiger partial charge in [0, 0.05) is 6.07 Å². The van der Waals surface area contributed by atoms with Gasteiger partial charge >= 0.3 is 17.7 Å². The van der Waals surface area contributed by atoms with Crippen LogP contribution in [0.1, 0.15) is 30.5 Å². The van der Waals surface area contributed by atoms with Crippen LogP contribution in [0.5, 0.6) is 11.5 Å². The van der Waals surface area contributed by atoms with E-state index in [-0.39, 0.29) is 22.7 Å². The molecule has 0 spiro atoms. The molecule has 0 aromatic heterocycles. The van der Waals surface area contributed by atoms with Gasteiger partial charge in [0.05, 0.1) is 43.1 Å². The van der Waals surface area contributed by atoms with Crippen LogP contribution in [0, 0.1) is 10.1 Å². The summed E-state index contributed by atoms with van der Waals surface area (Å²) in [6.07, 6.45) is 0.684. The lowest BCUT2D eigenvalue weighted by atomic mass is 9.92. The van der Waals surface area contributed by atoms with E-state index in [1.54, 1.807) is 30.3 Å². The molecule has 10 heteroatoms. The van der Waals surface area contributed by atoms with Crippen molar-refractivity contribution in [1.29, 1.82) is 0 Å². The second-order valence-electron chi connectivity index (χ2n) is 6.87. The Labute approximate surface area is 184 Å². The lowest BCUT2D eigenvalue weighted by Gasteiger charge is -2.29. The summed E-state index contributed by atoms with van der Waals surface area (Å²) in [5, 5.41) is 16.9. The Bertz CT molecular complexity index is 1060. The number of benzene rings is 2. The molecule has 2 aromatic carbocycles. The van der Waals surface area contributed by atoms with Crippen molar-refractivity contribution < 1.29 is 28.7 Å². The molecule has 32 heavy (non-hydrogen) atoms. The third-order valence-corrected chi connectivity index (χ3v) is 4.83. The molecule has 1 heterocycles. The topological polar surface area (TPSA) is 129 Å². The van der Waals surface area contributed by atoms with E-state index in [0.717, 1.165) is 0 Å². The van der Waals surface area contributed by atoms with Gasteiger partial charge in [0.1, 0.15) is 5.75 Å². The zero-order chi connectivity index (χ0) is 23.3. The molecule has 0 saturated carbocycles. The Kier molecular flexibility index (Phi) is 6.93. The minimum atomic E-state index is -0.979. The third-order valence-electron chi connectivity index (χ3n) is 4.83. The maximum absolute atomic E-state index is 12.7. The molecule has 2 aromatic rings. The Hall–Kier alpha value is -4.08. The van der Waals surface area contributed by atoms with Gasteiger partial charge in [-0.1, -0.05) is 13.0 Å². The summed E-state index contributed by atoms with van der Waals surface area (Å²) >= 11 is 0. The summed E-state index contributed by atoms with van der Waals surface area (Å²) in [5.74, 6) is 0.0196. The number of nitro benzene ring substituents is 1. The van der Waals surface area contributed by atoms with Crippen LogP contribution in [0.3, 0.4) is 0 Å². The van der Waals surface area contributed by atoms with Crippen LogP contribution in [0.4, 0.5) is 10.5 Å². The normalized spacial score (nSPS) is 15.5. The van der Waals surface area contributed by atoms with Crippen molar-refractivity contribution in [2.75, 3.05) is 20.8 Å². The predicted molar refractivity (Wildman–Crippen MR) is 115 cm³/mol. The molecule has 10 nitrogen and oxygen atoms in total. The molecule has 2 amide bonds. The molecule has 0 aliphatic carbocycles. The first-order valence-corrected chi connectivity index (χ1v) is 9.85. The highest BCUT2D eigenvalue weighted by Gasteiger charge is 2.35. The Morgan fingerprint density at radius 1 is 1.16 bits per heavy atom. The fraction of sp³-hybridized carbons (Fsp3) is 0.273. The number of methoxy groups -OCH3 is 2. The molecular weight excluding hydrogens is 418 g/mol. The van der Waals surface area contributed by atoms with Gasteiger partial charge in [-0.25, -0.2) is 9.59 Å². The number of nitro groups is 1. The number of hydrogen-bond acceptors (Lipinski definition) is 7. The van der Waals surface area contributed by atoms with Crippen LogP contribution in [0.2, 0.25) is 0 Å². The van der Waals surface area contributed by atoms with Gasteiger partial charge in [0.15, 0.2) is 5.75 Å². The Morgan fingerprint density at radius 3 is 2.47 bits per heavy atom. The summed E-state index contributed by atoms with van der Waals surface area (Å²) < 4.78 is 15.6. The van der Waals surface area contributed by atoms with E-state index in [4.69, 9.17) is 14.2 Å². The molecule has 3 rings (SSSR count). The van der Waals surface area contributed by atoms with Crippen LogP contribution >= 0.6 is 0 Å². The van der Waals surface area contributed by atoms with Crippen molar-refractivity contribution in [1.82, 2.24) is 10.6 Å². The maximum atomic E-state index is 12.7. The SMILES string of the molecule is CCCOc1ccc(C2NC(=O)NC(c3ccc(OC)cc3)=C2C(=O)OC)cc1[N+](=O)[O-]. The Morgan fingerprint density at radius 2 is 1.88 bits per heavy atom. The fourth-order valence-corrected chi connectivity index (χ4v) is 3.32. The van der Waals surface area contributed by atoms with Crippen molar-refractivity contribution in [3.63, 3.8) is 0 Å². The van der Waals surface area contributed by atoms with Gasteiger partial charge in [-0.15, -0.1) is 0 Å². The number of ether oxygens (including phenoxy) is 3. The zero-order valence-electron chi connectivity index (χ0n) is 17.8. The van der Waals surface area contributed by atoms with E-state index >= 15 is 0 Å². The number of nitrogens with one attached hydrogen (secondary N) is 2. The quantitative estimate of drug-likeness (QED) is 0.365. The predicted octanol–water partition coefficient (Wildman–Crippen LogP) is 3.33. The second-order valence-corrected chi connectivity index (χ2v) is 6.87. The van der Waals surface area contributed by atoms with E-state index in [9.17, 15) is 19.7 Å². The minimum absolute atomic E-state index is 0.105. The molecule has 1 aliphatic rings. The third kappa shape index (κ3) is 4.64. The summed E-state index contributed by atoms with van der Waals surface area (Å²) in [6.45, 7) is 2.21. The molecule has 2 N–H and O–H groups in total. The first-order valence-electron chi connectivity index (χ1n) is 9.85. The fourth-order valence-electron chi connectivity index (χ4n) is 3.32. The van der Waals surface area contributed by atoms with Crippen molar-refractivity contribution in [3.05, 3.63) is 69.3 Å². The standard InChI is InChI=1S/C22H23N3O7/c1-4-11-32-17-10-7-14(12-16(17)25(28)29)20-18(21(26)31-3)19(23-22(27)24-20)13-5-8-15(30-2)9-6-13/h5-10,12,20H,4,11H2,1-3H3,(H2,23,24,27). The smallest absolute Gasteiger partial charge is 0.338 e. The molecule has 0 bridgehead atoms. The van der Waals surface area contributed by atoms with Gasteiger partial charge < -0.3 is 24.8 Å². The van der Waals surface area contributed by atoms with Gasteiger partial charge in [-0.3, -0.25) is 10.1 Å². The van der Waals surface area contributed by atoms with Crippen LogP contribution in [-0.2, 0) is 9.53 Å². The molecule has 1 atom stereocenters. The summed E-state index contributed by atoms with van der Waals surface area (Å²) in [4.78, 5) is 36.2. The number of hydrogen-bond donors (Lipinski definition) is 2. The highest BCUT2D eigenvalue weighted by Crippen LogP contribution is 2.36. The average Bonchev–Trinajstić information content (AvgIpc) is 2.81. The average molecular weight is 441 g/mol. The number of amides is 2. The number of nitrogens with zero attached hydrogens (tertiary/aromatic N) is 1. The highest BCUT2D eigenvalue weighted by atomic mass is 16.6. The second kappa shape index (κ2) is 9.82. The number of carbonyl (C=O) groups excluding carboxylic acids is 2. The van der Waals surface area contributed by atoms with Gasteiger partial charge in [-0.05, 0) is 47.9 Å². The lowest BCUT2D eigenvalue weighted by molar-refractivity contribution is -0.385. The molecule has 0 fully saturated rings. The summed E-state index contributed by atoms with van der Waals surface area (Å²) in [7, 11) is 2.75. The largest absolute Gasteiger partial charge is 0.497 e. The van der Waals surface area contributed by atoms with Crippen molar-refractivity contribution in [2.45, 2.75) is 19.4 Å². The number of esters is 1. The summed E-state index contributed by atoms with van der Waals surface area (Å²) in [5.41, 5.74) is 0.959. The zero-order valence-corrected chi connectivity index (χ0v) is 17.8. The van der Waals surface area contributed by atoms with Gasteiger partial charge in [0.25, 0.3) is 0 Å².